The summed E-state index contributed by atoms with van der Waals surface area (Å²) in [5.41, 5.74) is -1.13. The Bertz CT molecular complexity index is 287. The van der Waals surface area contributed by atoms with Crippen LogP contribution in [0.25, 0.3) is 0 Å². The molecule has 1 aliphatic heterocycles. The van der Waals surface area contributed by atoms with E-state index >= 15 is 0 Å². The second-order valence-corrected chi connectivity index (χ2v) is 5.33. The second kappa shape index (κ2) is 5.67. The lowest BCUT2D eigenvalue weighted by molar-refractivity contribution is -0.180. The Hall–Kier alpha value is -0.460. The van der Waals surface area contributed by atoms with Crippen molar-refractivity contribution >= 4 is 0 Å². The van der Waals surface area contributed by atoms with Crippen molar-refractivity contribution in [1.29, 1.82) is 0 Å². The minimum absolute atomic E-state index is 0.182. The van der Waals surface area contributed by atoms with E-state index in [9.17, 15) is 10.2 Å². The number of aliphatic hydroxyl groups is 2. The van der Waals surface area contributed by atoms with Gasteiger partial charge in [-0.2, -0.15) is 0 Å². The molecule has 0 aromatic rings. The minimum atomic E-state index is -1.13. The Kier molecular flexibility index (Phi) is 4.91. The van der Waals surface area contributed by atoms with Crippen LogP contribution in [0.5, 0.6) is 0 Å². The zero-order valence-corrected chi connectivity index (χ0v) is 11.5. The number of hydrogen-bond acceptors (Lipinski definition) is 5. The number of methoxy groups -OCH3 is 1. The lowest BCUT2D eigenvalue weighted by atomic mass is 9.89. The molecule has 1 fully saturated rings. The normalized spacial score (nSPS) is 31.9. The molecule has 4 atom stereocenters. The first-order chi connectivity index (χ1) is 8.27. The summed E-state index contributed by atoms with van der Waals surface area (Å²) in [5, 5.41) is 19.8. The molecule has 0 aromatic heterocycles. The van der Waals surface area contributed by atoms with Crippen molar-refractivity contribution in [2.24, 2.45) is 0 Å². The summed E-state index contributed by atoms with van der Waals surface area (Å²) in [5.74, 6) is -0.793. The molecule has 0 aliphatic carbocycles. The quantitative estimate of drug-likeness (QED) is 0.693. The Balaban J connectivity index is 2.90. The molecule has 1 rings (SSSR count). The molecular weight excluding hydrogens is 236 g/mol. The van der Waals surface area contributed by atoms with Gasteiger partial charge in [-0.3, -0.25) is 0 Å². The van der Waals surface area contributed by atoms with Crippen LogP contribution >= 0.6 is 0 Å². The average molecular weight is 260 g/mol. The molecule has 1 saturated heterocycles. The zero-order valence-electron chi connectivity index (χ0n) is 11.5. The standard InChI is InChI=1S/C13H24O5/c1-6-7-13(4,15)11(16-5)10-9(8-14)17-12(2,3)18-10/h6,9-11,14-15H,1,7-8H2,2-5H3. The van der Waals surface area contributed by atoms with Crippen molar-refractivity contribution in [3.05, 3.63) is 12.7 Å². The first-order valence-electron chi connectivity index (χ1n) is 6.10. The Morgan fingerprint density at radius 2 is 2.11 bits per heavy atom. The van der Waals surface area contributed by atoms with Gasteiger partial charge in [0.25, 0.3) is 0 Å². The fourth-order valence-corrected chi connectivity index (χ4v) is 2.41. The highest BCUT2D eigenvalue weighted by Crippen LogP contribution is 2.35. The predicted molar refractivity (Wildman–Crippen MR) is 67.1 cm³/mol. The first kappa shape index (κ1) is 15.6. The second-order valence-electron chi connectivity index (χ2n) is 5.33. The number of ether oxygens (including phenoxy) is 3. The molecule has 18 heavy (non-hydrogen) atoms. The van der Waals surface area contributed by atoms with Gasteiger partial charge in [-0.05, 0) is 27.2 Å². The zero-order chi connectivity index (χ0) is 14.0. The van der Waals surface area contributed by atoms with Crippen molar-refractivity contribution in [3.63, 3.8) is 0 Å². The SMILES string of the molecule is C=CCC(C)(O)C(OC)C1OC(C)(C)OC1CO. The highest BCUT2D eigenvalue weighted by atomic mass is 16.8. The van der Waals surface area contributed by atoms with Crippen molar-refractivity contribution in [2.75, 3.05) is 13.7 Å². The van der Waals surface area contributed by atoms with Crippen LogP contribution < -0.4 is 0 Å². The smallest absolute Gasteiger partial charge is 0.164 e. The monoisotopic (exact) mass is 260 g/mol. The molecule has 2 N–H and O–H groups in total. The van der Waals surface area contributed by atoms with Gasteiger partial charge in [0.05, 0.1) is 12.2 Å². The molecule has 0 bridgehead atoms. The summed E-state index contributed by atoms with van der Waals surface area (Å²) in [6.45, 7) is 8.63. The molecular formula is C13H24O5. The van der Waals surface area contributed by atoms with Gasteiger partial charge in [-0.25, -0.2) is 0 Å². The van der Waals surface area contributed by atoms with Crippen LogP contribution in [0.4, 0.5) is 0 Å². The van der Waals surface area contributed by atoms with Gasteiger partial charge < -0.3 is 24.4 Å². The minimum Gasteiger partial charge on any atom is -0.394 e. The van der Waals surface area contributed by atoms with Gasteiger partial charge >= 0.3 is 0 Å². The van der Waals surface area contributed by atoms with Crippen LogP contribution in [0, 0.1) is 0 Å². The molecule has 106 valence electrons. The number of aliphatic hydroxyl groups excluding tert-OH is 1. The summed E-state index contributed by atoms with van der Waals surface area (Å²) in [7, 11) is 1.51. The van der Waals surface area contributed by atoms with E-state index in [1.54, 1.807) is 26.8 Å². The summed E-state index contributed by atoms with van der Waals surface area (Å²) >= 11 is 0. The van der Waals surface area contributed by atoms with Crippen molar-refractivity contribution in [3.8, 4) is 0 Å². The molecule has 0 spiro atoms. The van der Waals surface area contributed by atoms with Gasteiger partial charge in [0, 0.05) is 7.11 Å². The van der Waals surface area contributed by atoms with E-state index < -0.39 is 29.7 Å². The number of rotatable bonds is 6. The van der Waals surface area contributed by atoms with Gasteiger partial charge in [0.2, 0.25) is 0 Å². The van der Waals surface area contributed by atoms with Gasteiger partial charge in [0.15, 0.2) is 5.79 Å². The molecule has 0 aromatic carbocycles. The van der Waals surface area contributed by atoms with E-state index in [1.165, 1.54) is 7.11 Å². The van der Waals surface area contributed by atoms with E-state index in [4.69, 9.17) is 14.2 Å². The highest BCUT2D eigenvalue weighted by molar-refractivity contribution is 4.98. The summed E-state index contributed by atoms with van der Waals surface area (Å²) < 4.78 is 16.7. The molecule has 5 nitrogen and oxygen atoms in total. The molecule has 0 saturated carbocycles. The predicted octanol–water partition coefficient (Wildman–Crippen LogP) is 0.841. The molecule has 0 amide bonds. The fourth-order valence-electron chi connectivity index (χ4n) is 2.41. The fraction of sp³-hybridized carbons (Fsp3) is 0.846. The molecule has 5 heteroatoms. The largest absolute Gasteiger partial charge is 0.394 e. The third-order valence-electron chi connectivity index (χ3n) is 3.12. The van der Waals surface area contributed by atoms with Gasteiger partial charge in [-0.1, -0.05) is 6.08 Å². The van der Waals surface area contributed by atoms with E-state index in [-0.39, 0.29) is 6.61 Å². The van der Waals surface area contributed by atoms with Crippen LogP contribution in [0.2, 0.25) is 0 Å². The van der Waals surface area contributed by atoms with Crippen LogP contribution in [0.3, 0.4) is 0 Å². The van der Waals surface area contributed by atoms with Crippen molar-refractivity contribution in [1.82, 2.24) is 0 Å². The Morgan fingerprint density at radius 1 is 1.50 bits per heavy atom. The summed E-state index contributed by atoms with van der Waals surface area (Å²) in [6, 6.07) is 0. The van der Waals surface area contributed by atoms with E-state index in [1.807, 2.05) is 0 Å². The summed E-state index contributed by atoms with van der Waals surface area (Å²) in [6.07, 6.45) is 0.353. The van der Waals surface area contributed by atoms with Crippen LogP contribution in [0.1, 0.15) is 27.2 Å². The van der Waals surface area contributed by atoms with Crippen molar-refractivity contribution in [2.45, 2.75) is 56.9 Å². The van der Waals surface area contributed by atoms with E-state index in [0.29, 0.717) is 6.42 Å². The maximum absolute atomic E-state index is 10.4. The lowest BCUT2D eigenvalue weighted by Crippen LogP contribution is -2.52. The topological polar surface area (TPSA) is 68.2 Å². The first-order valence-corrected chi connectivity index (χ1v) is 6.10. The molecule has 1 aliphatic rings. The average Bonchev–Trinajstić information content (AvgIpc) is 2.54. The number of hydrogen-bond donors (Lipinski definition) is 2. The van der Waals surface area contributed by atoms with Crippen LogP contribution in [-0.4, -0.2) is 53.6 Å². The van der Waals surface area contributed by atoms with Crippen LogP contribution in [-0.2, 0) is 14.2 Å². The van der Waals surface area contributed by atoms with Gasteiger partial charge in [0.1, 0.15) is 18.3 Å². The van der Waals surface area contributed by atoms with E-state index in [2.05, 4.69) is 6.58 Å². The summed E-state index contributed by atoms with van der Waals surface area (Å²) in [4.78, 5) is 0. The Morgan fingerprint density at radius 3 is 2.56 bits per heavy atom. The Labute approximate surface area is 108 Å². The van der Waals surface area contributed by atoms with E-state index in [0.717, 1.165) is 0 Å². The van der Waals surface area contributed by atoms with Gasteiger partial charge in [-0.15, -0.1) is 6.58 Å². The van der Waals surface area contributed by atoms with Crippen LogP contribution in [0.15, 0.2) is 12.7 Å². The third-order valence-corrected chi connectivity index (χ3v) is 3.12. The maximum atomic E-state index is 10.4. The maximum Gasteiger partial charge on any atom is 0.164 e. The molecule has 1 heterocycles. The molecule has 0 radical (unpaired) electrons. The highest BCUT2D eigenvalue weighted by Gasteiger charge is 2.50. The lowest BCUT2D eigenvalue weighted by Gasteiger charge is -2.35. The third kappa shape index (κ3) is 3.30. The van der Waals surface area contributed by atoms with Crippen molar-refractivity contribution < 1.29 is 24.4 Å². The molecule has 4 unspecified atom stereocenters.